The van der Waals surface area contributed by atoms with Crippen molar-refractivity contribution >= 4 is 10.0 Å². The second-order valence-corrected chi connectivity index (χ2v) is 6.32. The Morgan fingerprint density at radius 2 is 2.05 bits per heavy atom. The van der Waals surface area contributed by atoms with E-state index in [2.05, 4.69) is 10.0 Å². The maximum Gasteiger partial charge on any atom is 0.241 e. The van der Waals surface area contributed by atoms with Crippen LogP contribution in [0.2, 0.25) is 0 Å². The largest absolute Gasteiger partial charge is 0.314 e. The van der Waals surface area contributed by atoms with Crippen molar-refractivity contribution in [3.8, 4) is 6.07 Å². The molecule has 0 spiro atoms. The summed E-state index contributed by atoms with van der Waals surface area (Å²) in [6, 6.07) is 5.46. The number of nitrogens with one attached hydrogen (secondary N) is 2. The monoisotopic (exact) mass is 299 g/mol. The average molecular weight is 299 g/mol. The van der Waals surface area contributed by atoms with E-state index in [0.717, 1.165) is 6.07 Å². The molecule has 7 heteroatoms. The first kappa shape index (κ1) is 16.6. The average Bonchev–Trinajstić information content (AvgIpc) is 2.37. The molecule has 0 aliphatic rings. The van der Waals surface area contributed by atoms with E-state index in [9.17, 15) is 12.8 Å². The third-order valence-electron chi connectivity index (χ3n) is 2.57. The minimum Gasteiger partial charge on any atom is -0.314 e. The molecule has 1 rings (SSSR count). The van der Waals surface area contributed by atoms with E-state index in [0.29, 0.717) is 19.0 Å². The number of rotatable bonds is 7. The van der Waals surface area contributed by atoms with E-state index < -0.39 is 21.4 Å². The van der Waals surface area contributed by atoms with E-state index in [1.165, 1.54) is 12.1 Å². The lowest BCUT2D eigenvalue weighted by atomic mass is 10.2. The van der Waals surface area contributed by atoms with Gasteiger partial charge in [-0.1, -0.05) is 19.9 Å². The van der Waals surface area contributed by atoms with Crippen molar-refractivity contribution in [1.29, 1.82) is 5.26 Å². The van der Waals surface area contributed by atoms with Gasteiger partial charge in [0.15, 0.2) is 0 Å². The van der Waals surface area contributed by atoms with Crippen LogP contribution in [0.15, 0.2) is 23.1 Å². The zero-order chi connectivity index (χ0) is 15.2. The molecule has 0 heterocycles. The van der Waals surface area contributed by atoms with Crippen molar-refractivity contribution in [2.24, 2.45) is 0 Å². The molecule has 0 saturated heterocycles. The van der Waals surface area contributed by atoms with Crippen LogP contribution in [0.4, 0.5) is 4.39 Å². The summed E-state index contributed by atoms with van der Waals surface area (Å²) < 4.78 is 39.8. The number of nitriles is 1. The molecule has 110 valence electrons. The number of nitrogens with zero attached hydrogens (tertiary/aromatic N) is 1. The fourth-order valence-electron chi connectivity index (χ4n) is 1.60. The van der Waals surface area contributed by atoms with Gasteiger partial charge >= 0.3 is 0 Å². The molecule has 0 aromatic heterocycles. The molecule has 0 atom stereocenters. The van der Waals surface area contributed by atoms with Crippen LogP contribution in [0.25, 0.3) is 0 Å². The Morgan fingerprint density at radius 3 is 2.65 bits per heavy atom. The zero-order valence-electron chi connectivity index (χ0n) is 11.5. The summed E-state index contributed by atoms with van der Waals surface area (Å²) in [6.45, 7) is 4.89. The van der Waals surface area contributed by atoms with Crippen molar-refractivity contribution in [3.05, 3.63) is 29.6 Å². The maximum absolute atomic E-state index is 13.4. The minimum atomic E-state index is -3.87. The van der Waals surface area contributed by atoms with Crippen molar-refractivity contribution in [2.45, 2.75) is 31.2 Å². The van der Waals surface area contributed by atoms with Gasteiger partial charge in [0.25, 0.3) is 0 Å². The van der Waals surface area contributed by atoms with Gasteiger partial charge in [-0.15, -0.1) is 0 Å². The highest BCUT2D eigenvalue weighted by atomic mass is 32.2. The zero-order valence-corrected chi connectivity index (χ0v) is 12.3. The quantitative estimate of drug-likeness (QED) is 0.745. The standard InChI is InChI=1S/C13H18FN3O2S/c1-10(2)16-7-4-8-17-20(18,19)13-6-3-5-12(14)11(13)9-15/h3,5-6,10,16-17H,4,7-8H2,1-2H3. The molecule has 1 aromatic rings. The lowest BCUT2D eigenvalue weighted by molar-refractivity contribution is 0.553. The van der Waals surface area contributed by atoms with Crippen LogP contribution < -0.4 is 10.0 Å². The first-order valence-corrected chi connectivity index (χ1v) is 7.78. The summed E-state index contributed by atoms with van der Waals surface area (Å²) in [5.41, 5.74) is -0.458. The molecule has 0 aliphatic carbocycles. The third kappa shape index (κ3) is 4.56. The van der Waals surface area contributed by atoms with Crippen molar-refractivity contribution in [1.82, 2.24) is 10.0 Å². The predicted molar refractivity (Wildman–Crippen MR) is 74.1 cm³/mol. The predicted octanol–water partition coefficient (Wildman–Crippen LogP) is 1.36. The summed E-state index contributed by atoms with van der Waals surface area (Å²) in [7, 11) is -3.87. The van der Waals surface area contributed by atoms with Crippen LogP contribution in [0.1, 0.15) is 25.8 Å². The van der Waals surface area contributed by atoms with Gasteiger partial charge in [0, 0.05) is 12.6 Å². The SMILES string of the molecule is CC(C)NCCCNS(=O)(=O)c1cccc(F)c1C#N. The molecule has 0 radical (unpaired) electrons. The Hall–Kier alpha value is -1.49. The lowest BCUT2D eigenvalue weighted by Crippen LogP contribution is -2.30. The minimum absolute atomic E-state index is 0.226. The normalized spacial score (nSPS) is 11.6. The third-order valence-corrected chi connectivity index (χ3v) is 4.08. The van der Waals surface area contributed by atoms with Crippen molar-refractivity contribution in [2.75, 3.05) is 13.1 Å². The van der Waals surface area contributed by atoms with Crippen LogP contribution in [0.3, 0.4) is 0 Å². The molecular weight excluding hydrogens is 281 g/mol. The first-order chi connectivity index (χ1) is 9.38. The van der Waals surface area contributed by atoms with Crippen LogP contribution >= 0.6 is 0 Å². The fourth-order valence-corrected chi connectivity index (χ4v) is 2.84. The van der Waals surface area contributed by atoms with E-state index in [4.69, 9.17) is 5.26 Å². The molecular formula is C13H18FN3O2S. The Morgan fingerprint density at radius 1 is 1.35 bits per heavy atom. The molecule has 1 aromatic carbocycles. The van der Waals surface area contributed by atoms with Gasteiger partial charge in [0.2, 0.25) is 10.0 Å². The van der Waals surface area contributed by atoms with Crippen LogP contribution in [-0.2, 0) is 10.0 Å². The van der Waals surface area contributed by atoms with Crippen molar-refractivity contribution in [3.63, 3.8) is 0 Å². The van der Waals surface area contributed by atoms with Gasteiger partial charge in [0.05, 0.1) is 0 Å². The Balaban J connectivity index is 2.71. The van der Waals surface area contributed by atoms with Crippen LogP contribution in [0.5, 0.6) is 0 Å². The number of halogens is 1. The topological polar surface area (TPSA) is 82.0 Å². The van der Waals surface area contributed by atoms with Gasteiger partial charge in [-0.05, 0) is 25.1 Å². The van der Waals surface area contributed by atoms with E-state index >= 15 is 0 Å². The molecule has 0 amide bonds. The molecule has 2 N–H and O–H groups in total. The highest BCUT2D eigenvalue weighted by Crippen LogP contribution is 2.17. The first-order valence-electron chi connectivity index (χ1n) is 6.30. The smallest absolute Gasteiger partial charge is 0.241 e. The summed E-state index contributed by atoms with van der Waals surface area (Å²) in [5, 5.41) is 12.0. The van der Waals surface area contributed by atoms with E-state index in [-0.39, 0.29) is 11.4 Å². The maximum atomic E-state index is 13.4. The Labute approximate surface area is 118 Å². The van der Waals surface area contributed by atoms with Crippen LogP contribution in [-0.4, -0.2) is 27.5 Å². The molecule has 0 unspecified atom stereocenters. The molecule has 0 saturated carbocycles. The molecule has 5 nitrogen and oxygen atoms in total. The van der Waals surface area contributed by atoms with E-state index in [1.54, 1.807) is 6.07 Å². The Bertz CT molecular complexity index is 594. The number of sulfonamides is 1. The number of benzene rings is 1. The van der Waals surface area contributed by atoms with Crippen molar-refractivity contribution < 1.29 is 12.8 Å². The molecule has 0 aliphatic heterocycles. The summed E-state index contributed by atoms with van der Waals surface area (Å²) in [6.07, 6.45) is 0.606. The summed E-state index contributed by atoms with van der Waals surface area (Å²) in [4.78, 5) is -0.322. The molecule has 0 bridgehead atoms. The molecule has 20 heavy (non-hydrogen) atoms. The highest BCUT2D eigenvalue weighted by Gasteiger charge is 2.20. The Kier molecular flexibility index (Phi) is 6.07. The lowest BCUT2D eigenvalue weighted by Gasteiger charge is -2.10. The second kappa shape index (κ2) is 7.33. The number of hydrogen-bond donors (Lipinski definition) is 2. The highest BCUT2D eigenvalue weighted by molar-refractivity contribution is 7.89. The fraction of sp³-hybridized carbons (Fsp3) is 0.462. The summed E-state index contributed by atoms with van der Waals surface area (Å²) >= 11 is 0. The number of hydrogen-bond acceptors (Lipinski definition) is 4. The van der Waals surface area contributed by atoms with E-state index in [1.807, 2.05) is 13.8 Å². The van der Waals surface area contributed by atoms with Gasteiger partial charge in [-0.3, -0.25) is 0 Å². The van der Waals surface area contributed by atoms with Gasteiger partial charge in [0.1, 0.15) is 22.3 Å². The summed E-state index contributed by atoms with van der Waals surface area (Å²) in [5.74, 6) is -0.836. The second-order valence-electron chi connectivity index (χ2n) is 4.58. The van der Waals surface area contributed by atoms with Gasteiger partial charge in [-0.2, -0.15) is 5.26 Å². The van der Waals surface area contributed by atoms with Gasteiger partial charge in [-0.25, -0.2) is 17.5 Å². The van der Waals surface area contributed by atoms with Gasteiger partial charge < -0.3 is 5.32 Å². The molecule has 0 fully saturated rings. The van der Waals surface area contributed by atoms with Crippen LogP contribution in [0, 0.1) is 17.1 Å².